The maximum Gasteiger partial charge on any atom is 0.333 e. The van der Waals surface area contributed by atoms with Crippen molar-refractivity contribution in [3.63, 3.8) is 0 Å². The summed E-state index contributed by atoms with van der Waals surface area (Å²) < 4.78 is 51.8. The van der Waals surface area contributed by atoms with Gasteiger partial charge in [0.1, 0.15) is 0 Å². The molecule has 2 aromatic carbocycles. The Balaban J connectivity index is 2.15. The molecule has 0 radical (unpaired) electrons. The molecule has 25 heavy (non-hydrogen) atoms. The van der Waals surface area contributed by atoms with Crippen molar-refractivity contribution in [1.82, 2.24) is 4.72 Å². The molecule has 0 saturated heterocycles. The minimum absolute atomic E-state index is 0.0909. The molecule has 0 aliphatic heterocycles. The highest BCUT2D eigenvalue weighted by molar-refractivity contribution is 7.92. The predicted octanol–water partition coefficient (Wildman–Crippen LogP) is 1.96. The minimum Gasteiger partial charge on any atom is -0.307 e. The Hall–Kier alpha value is -2.59. The van der Waals surface area contributed by atoms with Crippen LogP contribution in [-0.2, 0) is 20.0 Å². The number of carbonyl (C=O) groups is 1. The maximum atomic E-state index is 12.3. The fourth-order valence-electron chi connectivity index (χ4n) is 1.84. The topological polar surface area (TPSA) is 121 Å². The third-order valence-corrected chi connectivity index (χ3v) is 5.69. The number of urea groups is 1. The summed E-state index contributed by atoms with van der Waals surface area (Å²) in [6.45, 7) is 1.46. The summed E-state index contributed by atoms with van der Waals surface area (Å²) >= 11 is 0. The summed E-state index contributed by atoms with van der Waals surface area (Å²) in [6, 6.07) is 12.6. The quantitative estimate of drug-likeness (QED) is 0.704. The first kappa shape index (κ1) is 18.7. The molecule has 134 valence electrons. The number of hydrogen-bond donors (Lipinski definition) is 3. The molecule has 0 unspecified atom stereocenters. The van der Waals surface area contributed by atoms with Gasteiger partial charge in [0, 0.05) is 11.4 Å². The molecule has 0 heterocycles. The second-order valence-corrected chi connectivity index (χ2v) is 8.65. The lowest BCUT2D eigenvalue weighted by molar-refractivity contribution is 0.256. The Labute approximate surface area is 146 Å². The molecular weight excluding hydrogens is 366 g/mol. The van der Waals surface area contributed by atoms with E-state index < -0.39 is 26.1 Å². The Bertz CT molecular complexity index is 958. The van der Waals surface area contributed by atoms with Crippen LogP contribution in [0.25, 0.3) is 0 Å². The number of sulfonamides is 2. The lowest BCUT2D eigenvalue weighted by Crippen LogP contribution is -2.34. The maximum absolute atomic E-state index is 12.3. The summed E-state index contributed by atoms with van der Waals surface area (Å²) in [5.74, 6) is -0.151. The Morgan fingerprint density at radius 2 is 1.56 bits per heavy atom. The Morgan fingerprint density at radius 3 is 2.20 bits per heavy atom. The van der Waals surface area contributed by atoms with Crippen LogP contribution < -0.4 is 14.8 Å². The number of rotatable bonds is 6. The van der Waals surface area contributed by atoms with Crippen LogP contribution >= 0.6 is 0 Å². The molecule has 2 rings (SSSR count). The molecule has 0 aliphatic rings. The van der Waals surface area contributed by atoms with Gasteiger partial charge in [-0.2, -0.15) is 0 Å². The molecule has 2 aromatic rings. The first-order valence-corrected chi connectivity index (χ1v) is 10.3. The van der Waals surface area contributed by atoms with E-state index in [1.807, 2.05) is 4.72 Å². The van der Waals surface area contributed by atoms with Crippen molar-refractivity contribution in [2.24, 2.45) is 0 Å². The Kier molecular flexibility index (Phi) is 5.65. The molecule has 0 aromatic heterocycles. The highest BCUT2D eigenvalue weighted by Crippen LogP contribution is 2.17. The molecule has 3 N–H and O–H groups in total. The van der Waals surface area contributed by atoms with Gasteiger partial charge in [0.05, 0.1) is 10.6 Å². The number of para-hydroxylation sites is 1. The van der Waals surface area contributed by atoms with E-state index in [0.717, 1.165) is 6.07 Å². The highest BCUT2D eigenvalue weighted by atomic mass is 32.2. The third-order valence-electron chi connectivity index (χ3n) is 3.06. The molecule has 0 saturated carbocycles. The van der Waals surface area contributed by atoms with Gasteiger partial charge in [-0.25, -0.2) is 26.4 Å². The summed E-state index contributed by atoms with van der Waals surface area (Å²) in [5.41, 5.74) is 0.521. The lowest BCUT2D eigenvalue weighted by atomic mass is 10.3. The van der Waals surface area contributed by atoms with Crippen molar-refractivity contribution in [1.29, 1.82) is 0 Å². The summed E-state index contributed by atoms with van der Waals surface area (Å²) in [5, 5.41) is 2.39. The molecule has 0 aliphatic carbocycles. The zero-order valence-electron chi connectivity index (χ0n) is 13.3. The second-order valence-electron chi connectivity index (χ2n) is 4.96. The normalized spacial score (nSPS) is 11.6. The van der Waals surface area contributed by atoms with Crippen LogP contribution in [0.1, 0.15) is 6.92 Å². The van der Waals surface area contributed by atoms with Crippen LogP contribution in [0.5, 0.6) is 0 Å². The number of amides is 2. The number of nitrogens with one attached hydrogen (secondary N) is 3. The average Bonchev–Trinajstić information content (AvgIpc) is 2.55. The van der Waals surface area contributed by atoms with Crippen molar-refractivity contribution in [3.8, 4) is 0 Å². The number of anilines is 2. The standard InChI is InChI=1S/C15H17N3O5S2/c1-2-24(20,21)17-13-9-6-10-14(11-13)25(22,23)18-15(19)16-12-7-4-3-5-8-12/h3-11,17H,2H2,1H3,(H2,16,18,19). The van der Waals surface area contributed by atoms with Crippen LogP contribution in [0.4, 0.5) is 16.2 Å². The van der Waals surface area contributed by atoms with Crippen LogP contribution in [0.3, 0.4) is 0 Å². The highest BCUT2D eigenvalue weighted by Gasteiger charge is 2.19. The zero-order valence-corrected chi connectivity index (χ0v) is 14.9. The average molecular weight is 383 g/mol. The van der Waals surface area contributed by atoms with E-state index >= 15 is 0 Å². The van der Waals surface area contributed by atoms with Crippen molar-refractivity contribution >= 4 is 37.5 Å². The molecule has 0 bridgehead atoms. The first-order valence-electron chi connectivity index (χ1n) is 7.21. The van der Waals surface area contributed by atoms with E-state index in [9.17, 15) is 21.6 Å². The molecule has 0 spiro atoms. The monoisotopic (exact) mass is 383 g/mol. The van der Waals surface area contributed by atoms with Gasteiger partial charge in [-0.05, 0) is 37.3 Å². The Morgan fingerprint density at radius 1 is 0.920 bits per heavy atom. The van der Waals surface area contributed by atoms with E-state index in [0.29, 0.717) is 5.69 Å². The molecule has 8 nitrogen and oxygen atoms in total. The largest absolute Gasteiger partial charge is 0.333 e. The first-order chi connectivity index (χ1) is 11.7. The van der Waals surface area contributed by atoms with Crippen molar-refractivity contribution in [3.05, 3.63) is 54.6 Å². The van der Waals surface area contributed by atoms with E-state index in [4.69, 9.17) is 0 Å². The molecular formula is C15H17N3O5S2. The van der Waals surface area contributed by atoms with Crippen LogP contribution in [-0.4, -0.2) is 28.6 Å². The second kappa shape index (κ2) is 7.53. The van der Waals surface area contributed by atoms with E-state index in [-0.39, 0.29) is 16.3 Å². The van der Waals surface area contributed by atoms with Crippen LogP contribution in [0, 0.1) is 0 Å². The van der Waals surface area contributed by atoms with Gasteiger partial charge >= 0.3 is 6.03 Å². The van der Waals surface area contributed by atoms with E-state index in [1.165, 1.54) is 25.1 Å². The minimum atomic E-state index is -4.16. The van der Waals surface area contributed by atoms with Crippen molar-refractivity contribution in [2.45, 2.75) is 11.8 Å². The third kappa shape index (κ3) is 5.47. The molecule has 0 atom stereocenters. The van der Waals surface area contributed by atoms with Gasteiger partial charge in [-0.15, -0.1) is 0 Å². The van der Waals surface area contributed by atoms with Gasteiger partial charge in [-0.3, -0.25) is 4.72 Å². The number of hydrogen-bond acceptors (Lipinski definition) is 5. The zero-order chi connectivity index (χ0) is 18.5. The van der Waals surface area contributed by atoms with Gasteiger partial charge in [0.25, 0.3) is 10.0 Å². The lowest BCUT2D eigenvalue weighted by Gasteiger charge is -2.10. The molecule has 10 heteroatoms. The van der Waals surface area contributed by atoms with Gasteiger partial charge in [0.2, 0.25) is 10.0 Å². The fraction of sp³-hybridized carbons (Fsp3) is 0.133. The summed E-state index contributed by atoms with van der Waals surface area (Å²) in [4.78, 5) is 11.6. The number of benzene rings is 2. The molecule has 2 amide bonds. The summed E-state index contributed by atoms with van der Waals surface area (Å²) in [6.07, 6.45) is 0. The predicted molar refractivity (Wildman–Crippen MR) is 95.3 cm³/mol. The van der Waals surface area contributed by atoms with Crippen molar-refractivity contribution < 1.29 is 21.6 Å². The van der Waals surface area contributed by atoms with Gasteiger partial charge in [0.15, 0.2) is 0 Å². The SMILES string of the molecule is CCS(=O)(=O)Nc1cccc(S(=O)(=O)NC(=O)Nc2ccccc2)c1. The fourth-order valence-corrected chi connectivity index (χ4v) is 3.42. The smallest absolute Gasteiger partial charge is 0.307 e. The van der Waals surface area contributed by atoms with E-state index in [2.05, 4.69) is 10.0 Å². The number of carbonyl (C=O) groups excluding carboxylic acids is 1. The van der Waals surface area contributed by atoms with E-state index in [1.54, 1.807) is 30.3 Å². The van der Waals surface area contributed by atoms with Gasteiger partial charge in [-0.1, -0.05) is 24.3 Å². The molecule has 0 fully saturated rings. The van der Waals surface area contributed by atoms with Crippen LogP contribution in [0.2, 0.25) is 0 Å². The summed E-state index contributed by atoms with van der Waals surface area (Å²) in [7, 11) is -7.70. The van der Waals surface area contributed by atoms with Gasteiger partial charge < -0.3 is 5.32 Å². The van der Waals surface area contributed by atoms with Crippen molar-refractivity contribution in [2.75, 3.05) is 15.8 Å². The van der Waals surface area contributed by atoms with Crippen LogP contribution in [0.15, 0.2) is 59.5 Å².